The zero-order valence-corrected chi connectivity index (χ0v) is 21.7. The van der Waals surface area contributed by atoms with E-state index in [1.807, 2.05) is 53.5 Å². The molecular weight excluding hydrogens is 470 g/mol. The third-order valence-corrected chi connectivity index (χ3v) is 8.39. The number of para-hydroxylation sites is 1. The SMILES string of the molecule is Cc1ccccc1C1c2ccsc2CCN1C(C)C(=O)N1CCN(C(=O)COc2ccccc2)CC1. The Balaban J connectivity index is 1.23. The van der Waals surface area contributed by atoms with Gasteiger partial charge in [0.2, 0.25) is 5.91 Å². The highest BCUT2D eigenvalue weighted by Crippen LogP contribution is 2.40. The summed E-state index contributed by atoms with van der Waals surface area (Å²) in [4.78, 5) is 33.8. The highest BCUT2D eigenvalue weighted by Gasteiger charge is 2.37. The van der Waals surface area contributed by atoms with Crippen molar-refractivity contribution >= 4 is 23.2 Å². The molecule has 2 unspecified atom stereocenters. The maximum Gasteiger partial charge on any atom is 0.260 e. The highest BCUT2D eigenvalue weighted by molar-refractivity contribution is 7.10. The molecule has 6 nitrogen and oxygen atoms in total. The molecule has 0 spiro atoms. The van der Waals surface area contributed by atoms with Crippen molar-refractivity contribution in [1.29, 1.82) is 0 Å². The Morgan fingerprint density at radius 1 is 0.917 bits per heavy atom. The van der Waals surface area contributed by atoms with Crippen LogP contribution in [0, 0.1) is 6.92 Å². The average molecular weight is 504 g/mol. The van der Waals surface area contributed by atoms with Crippen molar-refractivity contribution in [2.75, 3.05) is 39.3 Å². The van der Waals surface area contributed by atoms with Gasteiger partial charge >= 0.3 is 0 Å². The minimum atomic E-state index is -0.244. The summed E-state index contributed by atoms with van der Waals surface area (Å²) < 4.78 is 5.62. The van der Waals surface area contributed by atoms with Gasteiger partial charge in [-0.3, -0.25) is 14.5 Å². The fraction of sp³-hybridized carbons (Fsp3) is 0.379. The summed E-state index contributed by atoms with van der Waals surface area (Å²) in [5.41, 5.74) is 3.84. The lowest BCUT2D eigenvalue weighted by molar-refractivity contribution is -0.144. The number of hydrogen-bond acceptors (Lipinski definition) is 5. The van der Waals surface area contributed by atoms with Gasteiger partial charge in [-0.2, -0.15) is 0 Å². The second-order valence-corrected chi connectivity index (χ2v) is 10.5. The summed E-state index contributed by atoms with van der Waals surface area (Å²) in [5, 5.41) is 2.17. The number of carbonyl (C=O) groups excluding carboxylic acids is 2. The lowest BCUT2D eigenvalue weighted by Crippen LogP contribution is -2.56. The van der Waals surface area contributed by atoms with Crippen molar-refractivity contribution in [2.45, 2.75) is 32.4 Å². The molecule has 36 heavy (non-hydrogen) atoms. The molecular formula is C29H33N3O3S. The van der Waals surface area contributed by atoms with E-state index in [9.17, 15) is 9.59 Å². The number of rotatable bonds is 6. The lowest BCUT2D eigenvalue weighted by atomic mass is 9.89. The zero-order valence-electron chi connectivity index (χ0n) is 20.9. The summed E-state index contributed by atoms with van der Waals surface area (Å²) in [6, 6.07) is 19.9. The number of aryl methyl sites for hydroxylation is 1. The number of hydrogen-bond donors (Lipinski definition) is 0. The molecule has 2 amide bonds. The van der Waals surface area contributed by atoms with E-state index in [4.69, 9.17) is 4.74 Å². The van der Waals surface area contributed by atoms with E-state index >= 15 is 0 Å². The first kappa shape index (κ1) is 24.5. The topological polar surface area (TPSA) is 53.1 Å². The van der Waals surface area contributed by atoms with Crippen LogP contribution in [0.3, 0.4) is 0 Å². The van der Waals surface area contributed by atoms with Gasteiger partial charge in [-0.15, -0.1) is 11.3 Å². The van der Waals surface area contributed by atoms with Crippen molar-refractivity contribution < 1.29 is 14.3 Å². The first-order valence-electron chi connectivity index (χ1n) is 12.6. The molecule has 0 saturated carbocycles. The molecule has 2 aromatic carbocycles. The van der Waals surface area contributed by atoms with Crippen LogP contribution in [0.15, 0.2) is 66.0 Å². The van der Waals surface area contributed by atoms with E-state index in [2.05, 4.69) is 47.5 Å². The fourth-order valence-electron chi connectivity index (χ4n) is 5.33. The van der Waals surface area contributed by atoms with Gasteiger partial charge in [0.15, 0.2) is 6.61 Å². The molecule has 2 atom stereocenters. The van der Waals surface area contributed by atoms with Crippen LogP contribution in [-0.4, -0.2) is 71.9 Å². The van der Waals surface area contributed by atoms with Crippen molar-refractivity contribution in [1.82, 2.24) is 14.7 Å². The minimum absolute atomic E-state index is 0.0171. The number of benzene rings is 2. The maximum absolute atomic E-state index is 13.7. The van der Waals surface area contributed by atoms with Crippen LogP contribution >= 0.6 is 11.3 Å². The Bertz CT molecular complexity index is 1200. The van der Waals surface area contributed by atoms with Crippen LogP contribution < -0.4 is 4.74 Å². The number of thiophene rings is 1. The second kappa shape index (κ2) is 10.8. The first-order chi connectivity index (χ1) is 17.5. The monoisotopic (exact) mass is 503 g/mol. The molecule has 0 radical (unpaired) electrons. The van der Waals surface area contributed by atoms with Crippen LogP contribution in [0.2, 0.25) is 0 Å². The van der Waals surface area contributed by atoms with Crippen molar-refractivity contribution in [2.24, 2.45) is 0 Å². The smallest absolute Gasteiger partial charge is 0.260 e. The molecule has 3 aromatic rings. The Morgan fingerprint density at radius 3 is 2.36 bits per heavy atom. The normalized spacial score (nSPS) is 19.0. The van der Waals surface area contributed by atoms with E-state index in [0.717, 1.165) is 13.0 Å². The van der Waals surface area contributed by atoms with E-state index in [1.165, 1.54) is 21.6 Å². The summed E-state index contributed by atoms with van der Waals surface area (Å²) in [7, 11) is 0. The summed E-state index contributed by atoms with van der Waals surface area (Å²) in [6.45, 7) is 7.23. The largest absolute Gasteiger partial charge is 0.484 e. The number of fused-ring (bicyclic) bond motifs is 1. The Labute approximate surface area is 217 Å². The second-order valence-electron chi connectivity index (χ2n) is 9.53. The predicted molar refractivity (Wildman–Crippen MR) is 142 cm³/mol. The van der Waals surface area contributed by atoms with Gasteiger partial charge in [0.25, 0.3) is 5.91 Å². The van der Waals surface area contributed by atoms with Crippen LogP contribution in [0.5, 0.6) is 5.75 Å². The minimum Gasteiger partial charge on any atom is -0.484 e. The fourth-order valence-corrected chi connectivity index (χ4v) is 6.23. The number of amides is 2. The molecule has 188 valence electrons. The van der Waals surface area contributed by atoms with Crippen LogP contribution in [0.4, 0.5) is 0 Å². The molecule has 1 fully saturated rings. The van der Waals surface area contributed by atoms with Gasteiger partial charge in [0, 0.05) is 37.6 Å². The molecule has 0 aliphatic carbocycles. The molecule has 1 aromatic heterocycles. The van der Waals surface area contributed by atoms with Gasteiger partial charge in [-0.25, -0.2) is 0 Å². The van der Waals surface area contributed by atoms with E-state index in [-0.39, 0.29) is 30.5 Å². The Hall–Kier alpha value is -3.16. The summed E-state index contributed by atoms with van der Waals surface area (Å²) >= 11 is 1.82. The van der Waals surface area contributed by atoms with Crippen LogP contribution in [0.1, 0.15) is 34.5 Å². The third-order valence-electron chi connectivity index (χ3n) is 7.39. The molecule has 5 rings (SSSR count). The molecule has 1 saturated heterocycles. The van der Waals surface area contributed by atoms with E-state index in [0.29, 0.717) is 31.9 Å². The van der Waals surface area contributed by atoms with Gasteiger partial charge < -0.3 is 14.5 Å². The van der Waals surface area contributed by atoms with E-state index < -0.39 is 0 Å². The molecule has 0 bridgehead atoms. The number of nitrogens with zero attached hydrogens (tertiary/aromatic N) is 3. The van der Waals surface area contributed by atoms with Gasteiger partial charge in [0.1, 0.15) is 5.75 Å². The standard InChI is InChI=1S/C29H33N3O3S/c1-21-8-6-7-11-24(21)28-25-13-19-36-26(25)12-14-32(28)22(2)29(34)31-17-15-30(16-18-31)27(33)20-35-23-9-4-3-5-10-23/h3-11,13,19,22,28H,12,14-18,20H2,1-2H3. The van der Waals surface area contributed by atoms with Crippen molar-refractivity contribution in [3.05, 3.63) is 87.6 Å². The quantitative estimate of drug-likeness (QED) is 0.507. The highest BCUT2D eigenvalue weighted by atomic mass is 32.1. The van der Waals surface area contributed by atoms with Gasteiger partial charge in [0.05, 0.1) is 12.1 Å². The predicted octanol–water partition coefficient (Wildman–Crippen LogP) is 4.14. The molecule has 3 heterocycles. The lowest BCUT2D eigenvalue weighted by Gasteiger charge is -2.43. The zero-order chi connectivity index (χ0) is 25.1. The van der Waals surface area contributed by atoms with Crippen molar-refractivity contribution in [3.8, 4) is 5.75 Å². The van der Waals surface area contributed by atoms with Crippen LogP contribution in [0.25, 0.3) is 0 Å². The molecule has 7 heteroatoms. The molecule has 0 N–H and O–H groups in total. The summed E-state index contributed by atoms with van der Waals surface area (Å²) in [6.07, 6.45) is 0.969. The third kappa shape index (κ3) is 5.04. The Kier molecular flexibility index (Phi) is 7.39. The van der Waals surface area contributed by atoms with Crippen LogP contribution in [-0.2, 0) is 16.0 Å². The van der Waals surface area contributed by atoms with Crippen molar-refractivity contribution in [3.63, 3.8) is 0 Å². The van der Waals surface area contributed by atoms with E-state index in [1.54, 1.807) is 4.90 Å². The Morgan fingerprint density at radius 2 is 1.61 bits per heavy atom. The number of piperazine rings is 1. The number of ether oxygens (including phenoxy) is 1. The molecule has 2 aliphatic heterocycles. The first-order valence-corrected chi connectivity index (χ1v) is 13.5. The van der Waals surface area contributed by atoms with Gasteiger partial charge in [-0.05, 0) is 60.5 Å². The summed E-state index contributed by atoms with van der Waals surface area (Å²) in [5.74, 6) is 0.784. The molecule has 2 aliphatic rings. The maximum atomic E-state index is 13.7. The number of carbonyl (C=O) groups is 2. The average Bonchev–Trinajstić information content (AvgIpc) is 3.40. The van der Waals surface area contributed by atoms with Gasteiger partial charge in [-0.1, -0.05) is 42.5 Å².